The van der Waals surface area contributed by atoms with Gasteiger partial charge in [0.2, 0.25) is 0 Å². The SMILES string of the molecule is COc1ccc(/C(=C/c2cccc([N+](=O)[O-])c2)C(=O)O)c(C)c1. The molecule has 1 N–H and O–H groups in total. The highest BCUT2D eigenvalue weighted by Gasteiger charge is 2.14. The van der Waals surface area contributed by atoms with E-state index in [9.17, 15) is 20.0 Å². The minimum atomic E-state index is -1.11. The van der Waals surface area contributed by atoms with Crippen LogP contribution < -0.4 is 4.74 Å². The smallest absolute Gasteiger partial charge is 0.336 e. The number of hydrogen-bond donors (Lipinski definition) is 1. The molecule has 6 nitrogen and oxygen atoms in total. The summed E-state index contributed by atoms with van der Waals surface area (Å²) < 4.78 is 5.11. The highest BCUT2D eigenvalue weighted by atomic mass is 16.6. The van der Waals surface area contributed by atoms with Gasteiger partial charge in [-0.3, -0.25) is 10.1 Å². The molecule has 0 fully saturated rings. The van der Waals surface area contributed by atoms with Gasteiger partial charge in [-0.1, -0.05) is 18.2 Å². The van der Waals surface area contributed by atoms with E-state index in [1.165, 1.54) is 31.4 Å². The molecule has 0 aliphatic heterocycles. The number of carbonyl (C=O) groups is 1. The zero-order valence-electron chi connectivity index (χ0n) is 12.6. The number of rotatable bonds is 5. The molecule has 0 saturated heterocycles. The summed E-state index contributed by atoms with van der Waals surface area (Å²) in [4.78, 5) is 21.9. The average Bonchev–Trinajstić information content (AvgIpc) is 2.53. The molecule has 6 heteroatoms. The monoisotopic (exact) mass is 313 g/mol. The molecule has 0 radical (unpaired) electrons. The van der Waals surface area contributed by atoms with E-state index in [-0.39, 0.29) is 11.3 Å². The van der Waals surface area contributed by atoms with Crippen LogP contribution in [-0.2, 0) is 4.79 Å². The number of carboxylic acid groups (broad SMARTS) is 1. The minimum Gasteiger partial charge on any atom is -0.497 e. The lowest BCUT2D eigenvalue weighted by atomic mass is 9.98. The van der Waals surface area contributed by atoms with Crippen molar-refractivity contribution in [2.24, 2.45) is 0 Å². The second-order valence-electron chi connectivity index (χ2n) is 4.90. The van der Waals surface area contributed by atoms with Crippen molar-refractivity contribution in [3.8, 4) is 5.75 Å². The molecule has 0 spiro atoms. The number of carboxylic acids is 1. The summed E-state index contributed by atoms with van der Waals surface area (Å²) in [5.41, 5.74) is 1.70. The molecule has 0 amide bonds. The van der Waals surface area contributed by atoms with Crippen LogP contribution in [0.5, 0.6) is 5.75 Å². The summed E-state index contributed by atoms with van der Waals surface area (Å²) >= 11 is 0. The standard InChI is InChI=1S/C17H15NO5/c1-11-8-14(23-2)6-7-15(11)16(17(19)20)10-12-4-3-5-13(9-12)18(21)22/h3-10H,1-2H3,(H,19,20)/b16-10-. The number of aliphatic carboxylic acids is 1. The van der Waals surface area contributed by atoms with Crippen LogP contribution in [0, 0.1) is 17.0 Å². The van der Waals surface area contributed by atoms with Gasteiger partial charge in [0.15, 0.2) is 0 Å². The minimum absolute atomic E-state index is 0.0608. The van der Waals surface area contributed by atoms with Crippen LogP contribution >= 0.6 is 0 Å². The Morgan fingerprint density at radius 3 is 2.57 bits per heavy atom. The van der Waals surface area contributed by atoms with Gasteiger partial charge in [-0.15, -0.1) is 0 Å². The summed E-state index contributed by atoms with van der Waals surface area (Å²) in [6.07, 6.45) is 1.42. The molecular formula is C17H15NO5. The first-order valence-electron chi connectivity index (χ1n) is 6.77. The molecule has 0 aliphatic carbocycles. The van der Waals surface area contributed by atoms with Gasteiger partial charge < -0.3 is 9.84 Å². The molecule has 0 atom stereocenters. The van der Waals surface area contributed by atoms with Gasteiger partial charge in [0.25, 0.3) is 5.69 Å². The number of ether oxygens (including phenoxy) is 1. The van der Waals surface area contributed by atoms with Crippen molar-refractivity contribution in [2.75, 3.05) is 7.11 Å². The average molecular weight is 313 g/mol. The Labute approximate surface area is 132 Å². The van der Waals surface area contributed by atoms with Gasteiger partial charge >= 0.3 is 5.97 Å². The molecule has 0 saturated carbocycles. The van der Waals surface area contributed by atoms with Crippen molar-refractivity contribution in [1.29, 1.82) is 0 Å². The van der Waals surface area contributed by atoms with Gasteiger partial charge in [0, 0.05) is 12.1 Å². The van der Waals surface area contributed by atoms with E-state index in [0.29, 0.717) is 16.9 Å². The molecule has 0 heterocycles. The predicted molar refractivity (Wildman–Crippen MR) is 86.3 cm³/mol. The summed E-state index contributed by atoms with van der Waals surface area (Å²) in [5, 5.41) is 20.3. The summed E-state index contributed by atoms with van der Waals surface area (Å²) in [6.45, 7) is 1.78. The Kier molecular flexibility index (Phi) is 4.75. The normalized spacial score (nSPS) is 11.1. The van der Waals surface area contributed by atoms with Crippen LogP contribution in [0.25, 0.3) is 11.6 Å². The van der Waals surface area contributed by atoms with Crippen molar-refractivity contribution in [3.05, 3.63) is 69.3 Å². The van der Waals surface area contributed by atoms with Gasteiger partial charge in [-0.2, -0.15) is 0 Å². The summed E-state index contributed by atoms with van der Waals surface area (Å²) in [7, 11) is 1.53. The van der Waals surface area contributed by atoms with Crippen LogP contribution in [0.2, 0.25) is 0 Å². The highest BCUT2D eigenvalue weighted by molar-refractivity contribution is 6.21. The maximum atomic E-state index is 11.6. The number of hydrogen-bond acceptors (Lipinski definition) is 4. The molecule has 2 rings (SSSR count). The first kappa shape index (κ1) is 16.2. The Hall–Kier alpha value is -3.15. The largest absolute Gasteiger partial charge is 0.497 e. The number of aryl methyl sites for hydroxylation is 1. The maximum absolute atomic E-state index is 11.6. The van der Waals surface area contributed by atoms with E-state index < -0.39 is 10.9 Å². The fourth-order valence-electron chi connectivity index (χ4n) is 2.21. The zero-order chi connectivity index (χ0) is 17.0. The van der Waals surface area contributed by atoms with E-state index >= 15 is 0 Å². The van der Waals surface area contributed by atoms with Crippen molar-refractivity contribution in [3.63, 3.8) is 0 Å². The van der Waals surface area contributed by atoms with Crippen LogP contribution in [0.15, 0.2) is 42.5 Å². The third-order valence-corrected chi connectivity index (χ3v) is 3.35. The van der Waals surface area contributed by atoms with Gasteiger partial charge in [0.05, 0.1) is 17.6 Å². The Morgan fingerprint density at radius 2 is 2.00 bits per heavy atom. The molecule has 0 unspecified atom stereocenters. The van der Waals surface area contributed by atoms with E-state index in [4.69, 9.17) is 4.74 Å². The molecule has 0 aliphatic rings. The third-order valence-electron chi connectivity index (χ3n) is 3.35. The quantitative estimate of drug-likeness (QED) is 0.394. The fourth-order valence-corrected chi connectivity index (χ4v) is 2.21. The number of methoxy groups -OCH3 is 1. The first-order valence-corrected chi connectivity index (χ1v) is 6.77. The summed E-state index contributed by atoms with van der Waals surface area (Å²) in [5.74, 6) is -0.476. The molecule has 2 aromatic rings. The lowest BCUT2D eigenvalue weighted by Gasteiger charge is -2.09. The molecule has 0 aromatic heterocycles. The molecule has 118 valence electrons. The number of non-ortho nitro benzene ring substituents is 1. The van der Waals surface area contributed by atoms with Crippen LogP contribution in [-0.4, -0.2) is 23.1 Å². The molecule has 2 aromatic carbocycles. The lowest BCUT2D eigenvalue weighted by molar-refractivity contribution is -0.384. The van der Waals surface area contributed by atoms with Crippen LogP contribution in [0.1, 0.15) is 16.7 Å². The van der Waals surface area contributed by atoms with E-state index in [1.807, 2.05) is 0 Å². The number of nitro groups is 1. The maximum Gasteiger partial charge on any atom is 0.336 e. The van der Waals surface area contributed by atoms with E-state index in [2.05, 4.69) is 0 Å². The third kappa shape index (κ3) is 3.74. The molecular weight excluding hydrogens is 298 g/mol. The topological polar surface area (TPSA) is 89.7 Å². The first-order chi connectivity index (χ1) is 10.9. The van der Waals surface area contributed by atoms with Crippen LogP contribution in [0.3, 0.4) is 0 Å². The van der Waals surface area contributed by atoms with Crippen molar-refractivity contribution in [2.45, 2.75) is 6.92 Å². The Morgan fingerprint density at radius 1 is 1.26 bits per heavy atom. The van der Waals surface area contributed by atoms with Crippen molar-refractivity contribution >= 4 is 23.3 Å². The number of nitro benzene ring substituents is 1. The Balaban J connectivity index is 2.52. The van der Waals surface area contributed by atoms with E-state index in [1.54, 1.807) is 31.2 Å². The second-order valence-corrected chi connectivity index (χ2v) is 4.90. The second kappa shape index (κ2) is 6.74. The summed E-state index contributed by atoms with van der Waals surface area (Å²) in [6, 6.07) is 10.9. The van der Waals surface area contributed by atoms with Crippen LogP contribution in [0.4, 0.5) is 5.69 Å². The predicted octanol–water partition coefficient (Wildman–Crippen LogP) is 3.54. The zero-order valence-corrected chi connectivity index (χ0v) is 12.6. The fraction of sp³-hybridized carbons (Fsp3) is 0.118. The molecule has 0 bridgehead atoms. The lowest BCUT2D eigenvalue weighted by Crippen LogP contribution is -2.02. The molecule has 23 heavy (non-hydrogen) atoms. The van der Waals surface area contributed by atoms with Gasteiger partial charge in [-0.05, 0) is 41.8 Å². The number of benzene rings is 2. The highest BCUT2D eigenvalue weighted by Crippen LogP contribution is 2.26. The van der Waals surface area contributed by atoms with E-state index in [0.717, 1.165) is 5.56 Å². The van der Waals surface area contributed by atoms with Crippen molar-refractivity contribution < 1.29 is 19.6 Å². The number of nitrogens with zero attached hydrogens (tertiary/aromatic N) is 1. The van der Waals surface area contributed by atoms with Gasteiger partial charge in [-0.25, -0.2) is 4.79 Å². The van der Waals surface area contributed by atoms with Gasteiger partial charge in [0.1, 0.15) is 5.75 Å². The van der Waals surface area contributed by atoms with Crippen molar-refractivity contribution in [1.82, 2.24) is 0 Å². The Bertz CT molecular complexity index is 795.